The molecule has 1 aromatic carbocycles. The molecule has 5 heteroatoms. The second-order valence-corrected chi connectivity index (χ2v) is 6.00. The Morgan fingerprint density at radius 2 is 2.17 bits per heavy atom. The number of nitrogens with one attached hydrogen (secondary N) is 1. The maximum absolute atomic E-state index is 12.4. The maximum Gasteiger partial charge on any atom is 0.251 e. The van der Waals surface area contributed by atoms with E-state index in [1.165, 1.54) is 0 Å². The summed E-state index contributed by atoms with van der Waals surface area (Å²) in [5.41, 5.74) is 0.578. The number of benzene rings is 1. The summed E-state index contributed by atoms with van der Waals surface area (Å²) in [7, 11) is 1.58. The quantitative estimate of drug-likeness (QED) is 0.747. The molecule has 0 saturated carbocycles. The molecule has 0 bridgehead atoms. The largest absolute Gasteiger partial charge is 0.497 e. The summed E-state index contributed by atoms with van der Waals surface area (Å²) in [4.78, 5) is 13.5. The lowest BCUT2D eigenvalue weighted by Crippen LogP contribution is -2.28. The molecule has 0 aliphatic rings. The smallest absolute Gasteiger partial charge is 0.251 e. The number of methoxy groups -OCH3 is 1. The van der Waals surface area contributed by atoms with Crippen LogP contribution in [-0.4, -0.2) is 19.6 Å². The molecule has 0 radical (unpaired) electrons. The normalized spacial score (nSPS) is 11.9. The molecule has 2 aromatic heterocycles. The van der Waals surface area contributed by atoms with Gasteiger partial charge in [-0.2, -0.15) is 0 Å². The Hall–Kier alpha value is -2.53. The molecule has 0 spiro atoms. The molecule has 118 valence electrons. The highest BCUT2D eigenvalue weighted by Crippen LogP contribution is 2.28. The van der Waals surface area contributed by atoms with Crippen LogP contribution in [0.3, 0.4) is 0 Å². The first-order chi connectivity index (χ1) is 11.3. The standard InChI is InChI=1S/C18H17NO3S/c1-21-14-6-2-5-13(11-14)18(20)19-12-15(16-7-3-9-22-16)17-8-4-10-23-17/h2-11,15H,12H2,1H3,(H,19,20)/t15-/m0/s1. The Bertz CT molecular complexity index is 716. The molecule has 3 rings (SSSR count). The average Bonchev–Trinajstić information content (AvgIpc) is 3.29. The van der Waals surface area contributed by atoms with Crippen molar-refractivity contribution in [2.45, 2.75) is 5.92 Å². The van der Waals surface area contributed by atoms with Crippen LogP contribution in [0.4, 0.5) is 0 Å². The monoisotopic (exact) mass is 327 g/mol. The van der Waals surface area contributed by atoms with Crippen LogP contribution >= 0.6 is 11.3 Å². The van der Waals surface area contributed by atoms with Gasteiger partial charge in [-0.15, -0.1) is 11.3 Å². The van der Waals surface area contributed by atoms with Gasteiger partial charge >= 0.3 is 0 Å². The second-order valence-electron chi connectivity index (χ2n) is 5.03. The van der Waals surface area contributed by atoms with Gasteiger partial charge in [0.25, 0.3) is 5.91 Å². The number of hydrogen-bond donors (Lipinski definition) is 1. The van der Waals surface area contributed by atoms with Crippen molar-refractivity contribution in [3.8, 4) is 5.75 Å². The summed E-state index contributed by atoms with van der Waals surface area (Å²) in [6, 6.07) is 15.0. The summed E-state index contributed by atoms with van der Waals surface area (Å²) >= 11 is 1.65. The maximum atomic E-state index is 12.4. The van der Waals surface area contributed by atoms with E-state index < -0.39 is 0 Å². The minimum absolute atomic E-state index is 0.0135. The highest BCUT2D eigenvalue weighted by Gasteiger charge is 2.19. The number of thiophene rings is 1. The third-order valence-corrected chi connectivity index (χ3v) is 4.56. The number of carbonyl (C=O) groups is 1. The molecule has 1 N–H and O–H groups in total. The molecule has 3 aromatic rings. The van der Waals surface area contributed by atoms with Gasteiger partial charge in [0.1, 0.15) is 11.5 Å². The van der Waals surface area contributed by atoms with Crippen molar-refractivity contribution < 1.29 is 13.9 Å². The summed E-state index contributed by atoms with van der Waals surface area (Å²) in [5, 5.41) is 5.00. The number of furan rings is 1. The average molecular weight is 327 g/mol. The van der Waals surface area contributed by atoms with Gasteiger partial charge in [-0.25, -0.2) is 0 Å². The summed E-state index contributed by atoms with van der Waals surface area (Å²) in [5.74, 6) is 1.40. The molecule has 1 amide bonds. The SMILES string of the molecule is COc1cccc(C(=O)NC[C@@H](c2ccco2)c2cccs2)c1. The number of ether oxygens (including phenoxy) is 1. The van der Waals surface area contributed by atoms with E-state index in [-0.39, 0.29) is 11.8 Å². The van der Waals surface area contributed by atoms with E-state index in [1.54, 1.807) is 42.9 Å². The summed E-state index contributed by atoms with van der Waals surface area (Å²) < 4.78 is 10.7. The lowest BCUT2D eigenvalue weighted by molar-refractivity contribution is 0.0951. The Kier molecular flexibility index (Phi) is 4.78. The molecule has 0 fully saturated rings. The van der Waals surface area contributed by atoms with Crippen molar-refractivity contribution in [3.63, 3.8) is 0 Å². The van der Waals surface area contributed by atoms with E-state index in [0.717, 1.165) is 10.6 Å². The number of carbonyl (C=O) groups excluding carboxylic acids is 1. The number of hydrogen-bond acceptors (Lipinski definition) is 4. The fraction of sp³-hybridized carbons (Fsp3) is 0.167. The fourth-order valence-corrected chi connectivity index (χ4v) is 3.22. The van der Waals surface area contributed by atoms with Gasteiger partial charge in [0.15, 0.2) is 0 Å². The van der Waals surface area contributed by atoms with Crippen molar-refractivity contribution in [3.05, 3.63) is 76.4 Å². The molecule has 0 saturated heterocycles. The topological polar surface area (TPSA) is 51.5 Å². The van der Waals surface area contributed by atoms with Crippen LogP contribution in [0.1, 0.15) is 26.9 Å². The van der Waals surface area contributed by atoms with Crippen LogP contribution in [0.25, 0.3) is 0 Å². The Balaban J connectivity index is 1.73. The third kappa shape index (κ3) is 3.63. The van der Waals surface area contributed by atoms with Crippen LogP contribution in [0.5, 0.6) is 5.75 Å². The van der Waals surface area contributed by atoms with Crippen molar-refractivity contribution in [1.29, 1.82) is 0 Å². The second kappa shape index (κ2) is 7.15. The van der Waals surface area contributed by atoms with Crippen molar-refractivity contribution >= 4 is 17.2 Å². The van der Waals surface area contributed by atoms with Crippen molar-refractivity contribution in [1.82, 2.24) is 5.32 Å². The molecular formula is C18H17NO3S. The predicted octanol–water partition coefficient (Wildman–Crippen LogP) is 3.91. The number of rotatable bonds is 6. The minimum atomic E-state index is -0.128. The van der Waals surface area contributed by atoms with Gasteiger partial charge in [0, 0.05) is 17.0 Å². The first kappa shape index (κ1) is 15.4. The van der Waals surface area contributed by atoms with E-state index in [0.29, 0.717) is 17.9 Å². The van der Waals surface area contributed by atoms with Gasteiger partial charge in [0.2, 0.25) is 0 Å². The van der Waals surface area contributed by atoms with Gasteiger partial charge in [-0.1, -0.05) is 12.1 Å². The molecular weight excluding hydrogens is 310 g/mol. The lowest BCUT2D eigenvalue weighted by Gasteiger charge is -2.14. The summed E-state index contributed by atoms with van der Waals surface area (Å²) in [6.45, 7) is 0.476. The number of amides is 1. The molecule has 0 aliphatic carbocycles. The Labute approximate surface area is 138 Å². The van der Waals surface area contributed by atoms with Crippen molar-refractivity contribution in [2.24, 2.45) is 0 Å². The summed E-state index contributed by atoms with van der Waals surface area (Å²) in [6.07, 6.45) is 1.65. The lowest BCUT2D eigenvalue weighted by atomic mass is 10.0. The van der Waals surface area contributed by atoms with E-state index >= 15 is 0 Å². The molecule has 23 heavy (non-hydrogen) atoms. The first-order valence-corrected chi connectivity index (χ1v) is 8.15. The highest BCUT2D eigenvalue weighted by molar-refractivity contribution is 7.10. The van der Waals surface area contributed by atoms with E-state index in [4.69, 9.17) is 9.15 Å². The van der Waals surface area contributed by atoms with Crippen molar-refractivity contribution in [2.75, 3.05) is 13.7 Å². The zero-order chi connectivity index (χ0) is 16.1. The zero-order valence-electron chi connectivity index (χ0n) is 12.7. The zero-order valence-corrected chi connectivity index (χ0v) is 13.5. The van der Waals surface area contributed by atoms with Crippen LogP contribution in [0.2, 0.25) is 0 Å². The first-order valence-electron chi connectivity index (χ1n) is 7.27. The fourth-order valence-electron chi connectivity index (χ4n) is 2.38. The van der Waals surface area contributed by atoms with Crippen LogP contribution in [-0.2, 0) is 0 Å². The highest BCUT2D eigenvalue weighted by atomic mass is 32.1. The van der Waals surface area contributed by atoms with Gasteiger partial charge < -0.3 is 14.5 Å². The van der Waals surface area contributed by atoms with E-state index in [9.17, 15) is 4.79 Å². The van der Waals surface area contributed by atoms with Gasteiger partial charge in [0.05, 0.1) is 19.3 Å². The Morgan fingerprint density at radius 1 is 1.26 bits per heavy atom. The van der Waals surface area contributed by atoms with Gasteiger partial charge in [-0.05, 0) is 41.8 Å². The van der Waals surface area contributed by atoms with E-state index in [1.807, 2.05) is 29.6 Å². The molecule has 0 aliphatic heterocycles. The van der Waals surface area contributed by atoms with Gasteiger partial charge in [-0.3, -0.25) is 4.79 Å². The third-order valence-electron chi connectivity index (χ3n) is 3.57. The molecule has 1 atom stereocenters. The minimum Gasteiger partial charge on any atom is -0.497 e. The van der Waals surface area contributed by atoms with Crippen LogP contribution < -0.4 is 10.1 Å². The molecule has 2 heterocycles. The van der Waals surface area contributed by atoms with E-state index in [2.05, 4.69) is 11.4 Å². The van der Waals surface area contributed by atoms with Crippen LogP contribution in [0.15, 0.2) is 64.6 Å². The predicted molar refractivity (Wildman–Crippen MR) is 90.2 cm³/mol. The molecule has 4 nitrogen and oxygen atoms in total. The Morgan fingerprint density at radius 3 is 2.87 bits per heavy atom. The van der Waals surface area contributed by atoms with Crippen LogP contribution in [0, 0.1) is 0 Å². The molecule has 0 unspecified atom stereocenters.